The third-order valence-corrected chi connectivity index (χ3v) is 2.54. The first kappa shape index (κ1) is 15.0. The number of benzene rings is 1. The molecule has 0 unspecified atom stereocenters. The molecule has 0 heterocycles. The number of nitrogens with one attached hydrogen (secondary N) is 2. The second-order valence-electron chi connectivity index (χ2n) is 3.60. The van der Waals surface area contributed by atoms with Crippen molar-refractivity contribution in [2.75, 3.05) is 7.05 Å². The number of imide groups is 1. The molecule has 1 aromatic rings. The molecule has 19 heavy (non-hydrogen) atoms. The smallest absolute Gasteiger partial charge is 0.340 e. The zero-order valence-electron chi connectivity index (χ0n) is 10.4. The van der Waals surface area contributed by atoms with Crippen molar-refractivity contribution in [2.45, 2.75) is 13.0 Å². The Morgan fingerprint density at radius 1 is 1.26 bits per heavy atom. The van der Waals surface area contributed by atoms with Crippen molar-refractivity contribution in [2.24, 2.45) is 0 Å². The van der Waals surface area contributed by atoms with Gasteiger partial charge in [-0.25, -0.2) is 9.59 Å². The van der Waals surface area contributed by atoms with Crippen LogP contribution in [0.15, 0.2) is 24.3 Å². The number of carbonyl (C=O) groups is 3. The van der Waals surface area contributed by atoms with Gasteiger partial charge in [-0.15, -0.1) is 0 Å². The van der Waals surface area contributed by atoms with Crippen LogP contribution in [0.4, 0.5) is 4.79 Å². The number of ether oxygens (including phenoxy) is 1. The molecule has 0 fully saturated rings. The summed E-state index contributed by atoms with van der Waals surface area (Å²) in [6, 6.07) is 5.63. The zero-order valence-corrected chi connectivity index (χ0v) is 11.2. The van der Waals surface area contributed by atoms with Crippen LogP contribution in [0.3, 0.4) is 0 Å². The first-order valence-corrected chi connectivity index (χ1v) is 5.81. The molecule has 7 heteroatoms. The molecule has 0 aliphatic carbocycles. The molecule has 0 aliphatic rings. The highest BCUT2D eigenvalue weighted by atomic mass is 35.5. The van der Waals surface area contributed by atoms with E-state index in [0.717, 1.165) is 0 Å². The van der Waals surface area contributed by atoms with Crippen molar-refractivity contribution in [3.63, 3.8) is 0 Å². The van der Waals surface area contributed by atoms with Crippen LogP contribution in [0.2, 0.25) is 5.02 Å². The summed E-state index contributed by atoms with van der Waals surface area (Å²) in [5.41, 5.74) is 0.156. The summed E-state index contributed by atoms with van der Waals surface area (Å²) in [7, 11) is 1.36. The molecular formula is C12H13ClN2O4. The second-order valence-corrected chi connectivity index (χ2v) is 4.00. The van der Waals surface area contributed by atoms with E-state index < -0.39 is 24.0 Å². The van der Waals surface area contributed by atoms with Gasteiger partial charge >= 0.3 is 12.0 Å². The Kier molecular flexibility index (Phi) is 5.32. The van der Waals surface area contributed by atoms with E-state index in [2.05, 4.69) is 5.32 Å². The monoisotopic (exact) mass is 284 g/mol. The number of urea groups is 1. The Hall–Kier alpha value is -2.08. The molecule has 0 aromatic heterocycles. The van der Waals surface area contributed by atoms with Gasteiger partial charge < -0.3 is 10.1 Å². The highest BCUT2D eigenvalue weighted by molar-refractivity contribution is 6.33. The van der Waals surface area contributed by atoms with E-state index in [4.69, 9.17) is 16.3 Å². The van der Waals surface area contributed by atoms with Crippen molar-refractivity contribution >= 4 is 29.5 Å². The zero-order chi connectivity index (χ0) is 14.4. The average Bonchev–Trinajstić information content (AvgIpc) is 2.38. The van der Waals surface area contributed by atoms with Gasteiger partial charge in [-0.1, -0.05) is 23.7 Å². The van der Waals surface area contributed by atoms with E-state index in [0.29, 0.717) is 0 Å². The van der Waals surface area contributed by atoms with E-state index in [9.17, 15) is 14.4 Å². The van der Waals surface area contributed by atoms with Crippen LogP contribution < -0.4 is 10.6 Å². The van der Waals surface area contributed by atoms with E-state index in [1.54, 1.807) is 12.1 Å². The summed E-state index contributed by atoms with van der Waals surface area (Å²) in [6.45, 7) is 1.35. The minimum absolute atomic E-state index is 0.156. The van der Waals surface area contributed by atoms with Gasteiger partial charge in [-0.3, -0.25) is 10.1 Å². The summed E-state index contributed by atoms with van der Waals surface area (Å²) in [5.74, 6) is -1.45. The minimum Gasteiger partial charge on any atom is -0.449 e. The van der Waals surface area contributed by atoms with Gasteiger partial charge in [-0.05, 0) is 19.1 Å². The highest BCUT2D eigenvalue weighted by Crippen LogP contribution is 2.16. The van der Waals surface area contributed by atoms with Crippen LogP contribution in [0.1, 0.15) is 17.3 Å². The third-order valence-electron chi connectivity index (χ3n) is 2.21. The van der Waals surface area contributed by atoms with Gasteiger partial charge in [0.2, 0.25) is 0 Å². The molecule has 0 radical (unpaired) electrons. The minimum atomic E-state index is -1.11. The Bertz CT molecular complexity index is 504. The molecule has 0 saturated heterocycles. The molecule has 2 N–H and O–H groups in total. The van der Waals surface area contributed by atoms with E-state index in [-0.39, 0.29) is 10.6 Å². The molecule has 1 rings (SSSR count). The summed E-state index contributed by atoms with van der Waals surface area (Å²) in [5, 5.41) is 4.44. The third kappa shape index (κ3) is 4.26. The molecule has 6 nitrogen and oxygen atoms in total. The van der Waals surface area contributed by atoms with Gasteiger partial charge in [0.25, 0.3) is 5.91 Å². The van der Waals surface area contributed by atoms with Gasteiger partial charge in [-0.2, -0.15) is 0 Å². The van der Waals surface area contributed by atoms with Crippen LogP contribution in [0, 0.1) is 0 Å². The lowest BCUT2D eigenvalue weighted by molar-refractivity contribution is -0.127. The van der Waals surface area contributed by atoms with Gasteiger partial charge in [0, 0.05) is 7.05 Å². The maximum absolute atomic E-state index is 11.7. The Morgan fingerprint density at radius 3 is 2.47 bits per heavy atom. The molecule has 102 valence electrons. The van der Waals surface area contributed by atoms with Crippen LogP contribution in [-0.2, 0) is 9.53 Å². The SMILES string of the molecule is CNC(=O)NC(=O)[C@H](C)OC(=O)c1ccccc1Cl. The molecule has 1 aromatic carbocycles. The van der Waals surface area contributed by atoms with Crippen LogP contribution >= 0.6 is 11.6 Å². The fourth-order valence-corrected chi connectivity index (χ4v) is 1.39. The number of rotatable bonds is 3. The lowest BCUT2D eigenvalue weighted by Gasteiger charge is -2.13. The Balaban J connectivity index is 2.64. The Morgan fingerprint density at radius 2 is 1.89 bits per heavy atom. The van der Waals surface area contributed by atoms with Crippen molar-refractivity contribution in [3.05, 3.63) is 34.9 Å². The van der Waals surface area contributed by atoms with Gasteiger partial charge in [0.1, 0.15) is 0 Å². The summed E-state index contributed by atoms with van der Waals surface area (Å²) in [6.07, 6.45) is -1.11. The highest BCUT2D eigenvalue weighted by Gasteiger charge is 2.21. The first-order valence-electron chi connectivity index (χ1n) is 5.43. The van der Waals surface area contributed by atoms with Gasteiger partial charge in [0.05, 0.1) is 10.6 Å². The standard InChI is InChI=1S/C12H13ClN2O4/c1-7(10(16)15-12(18)14-2)19-11(17)8-5-3-4-6-9(8)13/h3-7H,1-2H3,(H2,14,15,16,18)/t7-/m0/s1. The van der Waals surface area contributed by atoms with Crippen molar-refractivity contribution in [3.8, 4) is 0 Å². The summed E-state index contributed by atoms with van der Waals surface area (Å²) in [4.78, 5) is 34.2. The van der Waals surface area contributed by atoms with E-state index >= 15 is 0 Å². The fourth-order valence-electron chi connectivity index (χ4n) is 1.18. The lowest BCUT2D eigenvalue weighted by atomic mass is 10.2. The molecule has 0 bridgehead atoms. The van der Waals surface area contributed by atoms with Crippen LogP contribution in [0.5, 0.6) is 0 Å². The average molecular weight is 285 g/mol. The maximum Gasteiger partial charge on any atom is 0.340 e. The normalized spacial score (nSPS) is 11.3. The summed E-state index contributed by atoms with van der Waals surface area (Å²) >= 11 is 5.82. The van der Waals surface area contributed by atoms with E-state index in [1.807, 2.05) is 5.32 Å². The predicted molar refractivity (Wildman–Crippen MR) is 68.9 cm³/mol. The molecule has 0 saturated carbocycles. The number of esters is 1. The predicted octanol–water partition coefficient (Wildman–Crippen LogP) is 1.34. The molecule has 1 atom stereocenters. The van der Waals surface area contributed by atoms with Crippen LogP contribution in [-0.4, -0.2) is 31.1 Å². The molecule has 3 amide bonds. The number of hydrogen-bond acceptors (Lipinski definition) is 4. The van der Waals surface area contributed by atoms with Gasteiger partial charge in [0.15, 0.2) is 6.10 Å². The first-order chi connectivity index (χ1) is 8.95. The summed E-state index contributed by atoms with van der Waals surface area (Å²) < 4.78 is 4.91. The second kappa shape index (κ2) is 6.75. The maximum atomic E-state index is 11.7. The van der Waals surface area contributed by atoms with Crippen LogP contribution in [0.25, 0.3) is 0 Å². The van der Waals surface area contributed by atoms with Crippen molar-refractivity contribution in [1.82, 2.24) is 10.6 Å². The number of carbonyl (C=O) groups excluding carboxylic acids is 3. The fraction of sp³-hybridized carbons (Fsp3) is 0.250. The lowest BCUT2D eigenvalue weighted by Crippen LogP contribution is -2.43. The number of hydrogen-bond donors (Lipinski definition) is 2. The van der Waals surface area contributed by atoms with Crippen molar-refractivity contribution < 1.29 is 19.1 Å². The quantitative estimate of drug-likeness (QED) is 0.820. The topological polar surface area (TPSA) is 84.5 Å². The number of halogens is 1. The Labute approximate surface area is 115 Å². The van der Waals surface area contributed by atoms with Crippen molar-refractivity contribution in [1.29, 1.82) is 0 Å². The van der Waals surface area contributed by atoms with E-state index in [1.165, 1.54) is 26.1 Å². The number of amides is 3. The molecule has 0 aliphatic heterocycles. The molecule has 0 spiro atoms. The largest absolute Gasteiger partial charge is 0.449 e. The molecular weight excluding hydrogens is 272 g/mol.